The third-order valence-electron chi connectivity index (χ3n) is 2.61. The Kier molecular flexibility index (Phi) is 5.75. The number of methoxy groups -OCH3 is 1. The van der Waals surface area contributed by atoms with E-state index in [1.54, 1.807) is 7.11 Å². The van der Waals surface area contributed by atoms with Crippen LogP contribution in [0.15, 0.2) is 18.2 Å². The van der Waals surface area contributed by atoms with Gasteiger partial charge < -0.3 is 10.1 Å². The van der Waals surface area contributed by atoms with Crippen LogP contribution in [0.4, 0.5) is 24.5 Å². The van der Waals surface area contributed by atoms with Gasteiger partial charge in [-0.3, -0.25) is 10.1 Å². The monoisotopic (exact) mass is 292 g/mol. The fourth-order valence-electron chi connectivity index (χ4n) is 1.63. The van der Waals surface area contributed by atoms with E-state index in [-0.39, 0.29) is 5.69 Å². The Morgan fingerprint density at radius 1 is 1.35 bits per heavy atom. The summed E-state index contributed by atoms with van der Waals surface area (Å²) in [5.41, 5.74) is -1.76. The van der Waals surface area contributed by atoms with Gasteiger partial charge >= 0.3 is 6.18 Å². The molecule has 0 aliphatic rings. The molecule has 1 aromatic carbocycles. The van der Waals surface area contributed by atoms with E-state index in [0.717, 1.165) is 18.6 Å². The van der Waals surface area contributed by atoms with Gasteiger partial charge in [0.15, 0.2) is 0 Å². The van der Waals surface area contributed by atoms with Crippen molar-refractivity contribution < 1.29 is 22.8 Å². The third kappa shape index (κ3) is 4.69. The van der Waals surface area contributed by atoms with Gasteiger partial charge in [0.05, 0.1) is 10.5 Å². The van der Waals surface area contributed by atoms with Crippen molar-refractivity contribution in [3.8, 4) is 0 Å². The van der Waals surface area contributed by atoms with E-state index in [2.05, 4.69) is 5.32 Å². The molecule has 0 heterocycles. The number of nitrogens with one attached hydrogen (secondary N) is 1. The van der Waals surface area contributed by atoms with Crippen molar-refractivity contribution >= 4 is 11.4 Å². The molecule has 0 fully saturated rings. The lowest BCUT2D eigenvalue weighted by Gasteiger charge is -2.14. The molecule has 0 bridgehead atoms. The van der Waals surface area contributed by atoms with Gasteiger partial charge in [-0.05, 0) is 18.9 Å². The summed E-state index contributed by atoms with van der Waals surface area (Å²) in [6.45, 7) is 0.873. The van der Waals surface area contributed by atoms with E-state index in [1.807, 2.05) is 0 Å². The second-order valence-electron chi connectivity index (χ2n) is 4.11. The number of ether oxygens (including phenoxy) is 1. The molecule has 0 radical (unpaired) electrons. The molecule has 0 saturated carbocycles. The smallest absolute Gasteiger partial charge is 0.385 e. The van der Waals surface area contributed by atoms with Crippen LogP contribution in [0.3, 0.4) is 0 Å². The summed E-state index contributed by atoms with van der Waals surface area (Å²) >= 11 is 0. The van der Waals surface area contributed by atoms with Crippen molar-refractivity contribution in [2.75, 3.05) is 25.6 Å². The lowest BCUT2D eigenvalue weighted by molar-refractivity contribution is -0.385. The molecule has 0 amide bonds. The number of anilines is 1. The first kappa shape index (κ1) is 16.2. The Morgan fingerprint density at radius 3 is 2.60 bits per heavy atom. The van der Waals surface area contributed by atoms with Crippen LogP contribution in [0.1, 0.15) is 18.4 Å². The van der Waals surface area contributed by atoms with Gasteiger partial charge in [-0.1, -0.05) is 0 Å². The number of unbranched alkanes of at least 4 members (excludes halogenated alkanes) is 1. The summed E-state index contributed by atoms with van der Waals surface area (Å²) < 4.78 is 43.3. The molecule has 0 aromatic heterocycles. The van der Waals surface area contributed by atoms with Crippen molar-refractivity contribution in [3.63, 3.8) is 0 Å². The molecule has 0 unspecified atom stereocenters. The van der Waals surface area contributed by atoms with Crippen molar-refractivity contribution in [2.24, 2.45) is 0 Å². The average Bonchev–Trinajstić information content (AvgIpc) is 2.37. The number of nitro groups is 1. The first-order valence-electron chi connectivity index (χ1n) is 5.94. The zero-order valence-electron chi connectivity index (χ0n) is 10.9. The molecule has 20 heavy (non-hydrogen) atoms. The van der Waals surface area contributed by atoms with E-state index in [0.29, 0.717) is 25.6 Å². The molecule has 5 nitrogen and oxygen atoms in total. The van der Waals surface area contributed by atoms with Crippen molar-refractivity contribution in [1.82, 2.24) is 0 Å². The number of rotatable bonds is 7. The summed E-state index contributed by atoms with van der Waals surface area (Å²) in [4.78, 5) is 9.68. The van der Waals surface area contributed by atoms with Gasteiger partial charge in [-0.2, -0.15) is 13.2 Å². The SMILES string of the molecule is COCCCCNc1ccc([N+](=O)[O-])cc1C(F)(F)F. The van der Waals surface area contributed by atoms with Crippen molar-refractivity contribution in [3.05, 3.63) is 33.9 Å². The fraction of sp³-hybridized carbons (Fsp3) is 0.500. The van der Waals surface area contributed by atoms with E-state index < -0.39 is 22.4 Å². The molecule has 0 saturated heterocycles. The number of hydrogen-bond donors (Lipinski definition) is 1. The standard InChI is InChI=1S/C12H15F3N2O3/c1-20-7-3-2-6-16-11-5-4-9(17(18)19)8-10(11)12(13,14)15/h4-5,8,16H,2-3,6-7H2,1H3. The summed E-state index contributed by atoms with van der Waals surface area (Å²) in [6, 6.07) is 2.67. The highest BCUT2D eigenvalue weighted by Gasteiger charge is 2.35. The Morgan fingerprint density at radius 2 is 2.05 bits per heavy atom. The number of nitrogens with zero attached hydrogens (tertiary/aromatic N) is 1. The normalized spacial score (nSPS) is 11.4. The number of benzene rings is 1. The lowest BCUT2D eigenvalue weighted by atomic mass is 10.1. The van der Waals surface area contributed by atoms with Gasteiger partial charge in [0.2, 0.25) is 0 Å². The predicted molar refractivity (Wildman–Crippen MR) is 67.7 cm³/mol. The molecule has 1 N–H and O–H groups in total. The predicted octanol–water partition coefficient (Wildman–Crippen LogP) is 3.45. The van der Waals surface area contributed by atoms with Gasteiger partial charge in [0.25, 0.3) is 5.69 Å². The molecule has 1 aromatic rings. The van der Waals surface area contributed by atoms with E-state index in [4.69, 9.17) is 4.74 Å². The molecule has 0 aliphatic carbocycles. The van der Waals surface area contributed by atoms with Crippen LogP contribution < -0.4 is 5.32 Å². The van der Waals surface area contributed by atoms with E-state index in [1.165, 1.54) is 0 Å². The summed E-state index contributed by atoms with van der Waals surface area (Å²) in [5.74, 6) is 0. The number of halogens is 3. The van der Waals surface area contributed by atoms with Crippen LogP contribution in [0, 0.1) is 10.1 Å². The molecule has 0 atom stereocenters. The van der Waals surface area contributed by atoms with E-state index in [9.17, 15) is 23.3 Å². The van der Waals surface area contributed by atoms with E-state index >= 15 is 0 Å². The largest absolute Gasteiger partial charge is 0.418 e. The number of nitro benzene ring substituents is 1. The summed E-state index contributed by atoms with van der Waals surface area (Å²) in [7, 11) is 1.55. The molecular formula is C12H15F3N2O3. The minimum atomic E-state index is -4.64. The first-order chi connectivity index (χ1) is 9.36. The summed E-state index contributed by atoms with van der Waals surface area (Å²) in [6.07, 6.45) is -3.28. The Bertz CT molecular complexity index is 464. The van der Waals surface area contributed by atoms with Crippen LogP contribution in [0.25, 0.3) is 0 Å². The maximum absolute atomic E-state index is 12.8. The highest BCUT2D eigenvalue weighted by molar-refractivity contribution is 5.57. The zero-order valence-corrected chi connectivity index (χ0v) is 10.9. The highest BCUT2D eigenvalue weighted by atomic mass is 19.4. The third-order valence-corrected chi connectivity index (χ3v) is 2.61. The fourth-order valence-corrected chi connectivity index (χ4v) is 1.63. The Hall–Kier alpha value is -1.83. The minimum absolute atomic E-state index is 0.152. The number of non-ortho nitro benzene ring substituents is 1. The Labute approximate surface area is 113 Å². The topological polar surface area (TPSA) is 64.4 Å². The van der Waals surface area contributed by atoms with Crippen LogP contribution >= 0.6 is 0 Å². The van der Waals surface area contributed by atoms with Crippen molar-refractivity contribution in [2.45, 2.75) is 19.0 Å². The van der Waals surface area contributed by atoms with Crippen LogP contribution in [-0.2, 0) is 10.9 Å². The molecule has 0 spiro atoms. The number of hydrogen-bond acceptors (Lipinski definition) is 4. The first-order valence-corrected chi connectivity index (χ1v) is 5.94. The van der Waals surface area contributed by atoms with Crippen molar-refractivity contribution in [1.29, 1.82) is 0 Å². The molecule has 8 heteroatoms. The van der Waals surface area contributed by atoms with Gasteiger partial charge in [0.1, 0.15) is 0 Å². The minimum Gasteiger partial charge on any atom is -0.385 e. The molecule has 112 valence electrons. The quantitative estimate of drug-likeness (QED) is 0.475. The molecule has 1 rings (SSSR count). The summed E-state index contributed by atoms with van der Waals surface area (Å²) in [5, 5.41) is 13.2. The Balaban J connectivity index is 2.81. The maximum atomic E-state index is 12.8. The second-order valence-corrected chi connectivity index (χ2v) is 4.11. The van der Waals surface area contributed by atoms with Gasteiger partial charge in [-0.15, -0.1) is 0 Å². The molecular weight excluding hydrogens is 277 g/mol. The van der Waals surface area contributed by atoms with Crippen LogP contribution in [0.2, 0.25) is 0 Å². The highest BCUT2D eigenvalue weighted by Crippen LogP contribution is 2.37. The lowest BCUT2D eigenvalue weighted by Crippen LogP contribution is -2.12. The van der Waals surface area contributed by atoms with Gasteiger partial charge in [-0.25, -0.2) is 0 Å². The van der Waals surface area contributed by atoms with Crippen LogP contribution in [0.5, 0.6) is 0 Å². The van der Waals surface area contributed by atoms with Gasteiger partial charge in [0, 0.05) is 38.1 Å². The maximum Gasteiger partial charge on any atom is 0.418 e. The molecule has 0 aliphatic heterocycles. The number of alkyl halides is 3. The average molecular weight is 292 g/mol. The zero-order chi connectivity index (χ0) is 15.2. The van der Waals surface area contributed by atoms with Crippen LogP contribution in [-0.4, -0.2) is 25.2 Å². The second kappa shape index (κ2) is 7.09.